The largest absolute Gasteiger partial charge is 0.316 e. The van der Waals surface area contributed by atoms with Crippen molar-refractivity contribution in [3.05, 3.63) is 21.3 Å². The van der Waals surface area contributed by atoms with E-state index < -0.39 is 9.84 Å². The smallest absolute Gasteiger partial charge is 0.148 e. The molecule has 0 aliphatic carbocycles. The Balaban J connectivity index is 2.62. The van der Waals surface area contributed by atoms with Crippen LogP contribution in [0.5, 0.6) is 0 Å². The van der Waals surface area contributed by atoms with Crippen LogP contribution in [0, 0.1) is 0 Å². The molecular weight excluding hydrogens is 254 g/mol. The van der Waals surface area contributed by atoms with Crippen LogP contribution in [0.1, 0.15) is 4.88 Å². The van der Waals surface area contributed by atoms with E-state index in [0.29, 0.717) is 6.42 Å². The minimum absolute atomic E-state index is 0.0466. The second-order valence-corrected chi connectivity index (χ2v) is 7.47. The minimum Gasteiger partial charge on any atom is -0.316 e. The van der Waals surface area contributed by atoms with E-state index in [4.69, 9.17) is 11.6 Å². The standard InChI is InChI=1S/C9H14ClNO2S2/c1-11-7(6-15(2,12)13)5-8-3-4-9(10)14-8/h3-4,7,11H,5-6H2,1-2H3. The van der Waals surface area contributed by atoms with Crippen molar-refractivity contribution in [2.45, 2.75) is 12.5 Å². The molecule has 6 heteroatoms. The van der Waals surface area contributed by atoms with Crippen molar-refractivity contribution in [3.8, 4) is 0 Å². The van der Waals surface area contributed by atoms with E-state index in [2.05, 4.69) is 5.32 Å². The van der Waals surface area contributed by atoms with Gasteiger partial charge in [0.1, 0.15) is 9.84 Å². The summed E-state index contributed by atoms with van der Waals surface area (Å²) < 4.78 is 23.0. The molecule has 1 aromatic rings. The van der Waals surface area contributed by atoms with E-state index in [0.717, 1.165) is 9.21 Å². The zero-order valence-electron chi connectivity index (χ0n) is 8.66. The zero-order valence-corrected chi connectivity index (χ0v) is 11.0. The minimum atomic E-state index is -2.94. The molecule has 0 saturated heterocycles. The first-order valence-corrected chi connectivity index (χ1v) is 7.75. The quantitative estimate of drug-likeness (QED) is 0.881. The molecule has 1 atom stereocenters. The monoisotopic (exact) mass is 267 g/mol. The highest BCUT2D eigenvalue weighted by Gasteiger charge is 2.14. The van der Waals surface area contributed by atoms with Crippen molar-refractivity contribution < 1.29 is 8.42 Å². The molecule has 1 heterocycles. The average molecular weight is 268 g/mol. The van der Waals surface area contributed by atoms with E-state index >= 15 is 0 Å². The molecule has 1 N–H and O–H groups in total. The first kappa shape index (κ1) is 13.0. The van der Waals surface area contributed by atoms with Crippen LogP contribution in [0.15, 0.2) is 12.1 Å². The predicted molar refractivity (Wildman–Crippen MR) is 65.6 cm³/mol. The highest BCUT2D eigenvalue weighted by atomic mass is 35.5. The van der Waals surface area contributed by atoms with Crippen LogP contribution in [0.3, 0.4) is 0 Å². The molecule has 0 saturated carbocycles. The lowest BCUT2D eigenvalue weighted by atomic mass is 10.2. The van der Waals surface area contributed by atoms with Crippen molar-refractivity contribution >= 4 is 32.8 Å². The van der Waals surface area contributed by atoms with Gasteiger partial charge in [-0.3, -0.25) is 0 Å². The molecule has 0 aliphatic rings. The van der Waals surface area contributed by atoms with Crippen molar-refractivity contribution in [2.24, 2.45) is 0 Å². The fourth-order valence-electron chi connectivity index (χ4n) is 1.31. The number of likely N-dealkylation sites (N-methyl/N-ethyl adjacent to an activating group) is 1. The summed E-state index contributed by atoms with van der Waals surface area (Å²) in [5.74, 6) is 0.152. The summed E-state index contributed by atoms with van der Waals surface area (Å²) in [6.45, 7) is 0. The Labute approximate surface area is 99.4 Å². The first-order chi connectivity index (χ1) is 6.90. The van der Waals surface area contributed by atoms with Crippen LogP contribution in [0.2, 0.25) is 4.34 Å². The average Bonchev–Trinajstić information content (AvgIpc) is 2.47. The van der Waals surface area contributed by atoms with Crippen molar-refractivity contribution in [1.82, 2.24) is 5.32 Å². The van der Waals surface area contributed by atoms with Gasteiger partial charge in [0.15, 0.2) is 0 Å². The number of rotatable bonds is 5. The van der Waals surface area contributed by atoms with Crippen molar-refractivity contribution in [2.75, 3.05) is 19.1 Å². The fraction of sp³-hybridized carbons (Fsp3) is 0.556. The molecule has 0 spiro atoms. The van der Waals surface area contributed by atoms with E-state index in [9.17, 15) is 8.42 Å². The topological polar surface area (TPSA) is 46.2 Å². The van der Waals surface area contributed by atoms with Crippen LogP contribution in [-0.4, -0.2) is 33.5 Å². The fourth-order valence-corrected chi connectivity index (χ4v) is 3.50. The molecule has 0 bridgehead atoms. The second-order valence-electron chi connectivity index (χ2n) is 3.49. The Morgan fingerprint density at radius 3 is 2.60 bits per heavy atom. The summed E-state index contributed by atoms with van der Waals surface area (Å²) in [5.41, 5.74) is 0. The van der Waals surface area contributed by atoms with E-state index in [1.807, 2.05) is 12.1 Å². The zero-order chi connectivity index (χ0) is 11.5. The van der Waals surface area contributed by atoms with Crippen LogP contribution in [0.4, 0.5) is 0 Å². The molecule has 0 fully saturated rings. The molecule has 0 aliphatic heterocycles. The van der Waals surface area contributed by atoms with Gasteiger partial charge in [-0.25, -0.2) is 8.42 Å². The summed E-state index contributed by atoms with van der Waals surface area (Å²) in [5, 5.41) is 3.00. The number of thiophene rings is 1. The van der Waals surface area contributed by atoms with Gasteiger partial charge in [-0.2, -0.15) is 0 Å². The molecule has 0 amide bonds. The highest BCUT2D eigenvalue weighted by Crippen LogP contribution is 2.22. The Morgan fingerprint density at radius 2 is 2.20 bits per heavy atom. The molecule has 15 heavy (non-hydrogen) atoms. The summed E-state index contributed by atoms with van der Waals surface area (Å²) in [6, 6.07) is 3.71. The maximum atomic E-state index is 11.1. The third-order valence-corrected chi connectivity index (χ3v) is 4.25. The number of halogens is 1. The van der Waals surface area contributed by atoms with Gasteiger partial charge >= 0.3 is 0 Å². The molecule has 1 rings (SSSR count). The summed E-state index contributed by atoms with van der Waals surface area (Å²) in [7, 11) is -1.17. The van der Waals surface area contributed by atoms with Gasteiger partial charge in [-0.05, 0) is 25.6 Å². The molecule has 1 unspecified atom stereocenters. The molecule has 0 radical (unpaired) electrons. The number of hydrogen-bond acceptors (Lipinski definition) is 4. The molecule has 3 nitrogen and oxygen atoms in total. The third kappa shape index (κ3) is 4.97. The Hall–Kier alpha value is -0.100. The normalized spacial score (nSPS) is 14.1. The number of nitrogens with one attached hydrogen (secondary N) is 1. The van der Waals surface area contributed by atoms with Gasteiger partial charge in [0.25, 0.3) is 0 Å². The Kier molecular flexibility index (Phi) is 4.58. The van der Waals surface area contributed by atoms with Crippen molar-refractivity contribution in [1.29, 1.82) is 0 Å². The van der Waals surface area contributed by atoms with Gasteiger partial charge in [-0.1, -0.05) is 11.6 Å². The second kappa shape index (κ2) is 5.30. The Morgan fingerprint density at radius 1 is 1.53 bits per heavy atom. The number of sulfone groups is 1. The van der Waals surface area contributed by atoms with Gasteiger partial charge in [0.05, 0.1) is 10.1 Å². The molecule has 1 aromatic heterocycles. The summed E-state index contributed by atoms with van der Waals surface area (Å²) in [4.78, 5) is 1.10. The molecule has 86 valence electrons. The van der Waals surface area contributed by atoms with Gasteiger partial charge in [0, 0.05) is 17.2 Å². The number of hydrogen-bond donors (Lipinski definition) is 1. The van der Waals surface area contributed by atoms with E-state index in [1.54, 1.807) is 7.05 Å². The van der Waals surface area contributed by atoms with Crippen LogP contribution < -0.4 is 5.32 Å². The lowest BCUT2D eigenvalue weighted by Gasteiger charge is -2.13. The van der Waals surface area contributed by atoms with Crippen LogP contribution in [-0.2, 0) is 16.3 Å². The van der Waals surface area contributed by atoms with Crippen LogP contribution >= 0.6 is 22.9 Å². The molecular formula is C9H14ClNO2S2. The first-order valence-electron chi connectivity index (χ1n) is 4.50. The third-order valence-electron chi connectivity index (χ3n) is 1.99. The highest BCUT2D eigenvalue weighted by molar-refractivity contribution is 7.90. The van der Waals surface area contributed by atoms with Gasteiger partial charge < -0.3 is 5.32 Å². The van der Waals surface area contributed by atoms with Crippen molar-refractivity contribution in [3.63, 3.8) is 0 Å². The van der Waals surface area contributed by atoms with Crippen LogP contribution in [0.25, 0.3) is 0 Å². The van der Waals surface area contributed by atoms with E-state index in [1.165, 1.54) is 17.6 Å². The Bertz CT molecular complexity index is 414. The maximum absolute atomic E-state index is 11.1. The summed E-state index contributed by atoms with van der Waals surface area (Å²) >= 11 is 7.29. The van der Waals surface area contributed by atoms with Gasteiger partial charge in [-0.15, -0.1) is 11.3 Å². The SMILES string of the molecule is CNC(Cc1ccc(Cl)s1)CS(C)(=O)=O. The predicted octanol–water partition coefficient (Wildman–Crippen LogP) is 1.58. The maximum Gasteiger partial charge on any atom is 0.148 e. The molecule has 0 aromatic carbocycles. The van der Waals surface area contributed by atoms with E-state index in [-0.39, 0.29) is 11.8 Å². The summed E-state index contributed by atoms with van der Waals surface area (Å²) in [6.07, 6.45) is 1.94. The lowest BCUT2D eigenvalue weighted by molar-refractivity contribution is 0.568. The lowest BCUT2D eigenvalue weighted by Crippen LogP contribution is -2.34. The van der Waals surface area contributed by atoms with Gasteiger partial charge in [0.2, 0.25) is 0 Å².